The zero-order valence-electron chi connectivity index (χ0n) is 12.0. The molecule has 110 valence electrons. The number of unbranched alkanes of at least 4 members (excludes halogenated alkanes) is 4. The Morgan fingerprint density at radius 3 is 2.47 bits per heavy atom. The van der Waals surface area contributed by atoms with Crippen molar-refractivity contribution in [2.75, 3.05) is 13.7 Å². The Kier molecular flexibility index (Phi) is 5.49. The molecule has 0 aromatic carbocycles. The summed E-state index contributed by atoms with van der Waals surface area (Å²) in [5, 5.41) is 0. The molecule has 2 fully saturated rings. The van der Waals surface area contributed by atoms with Gasteiger partial charge < -0.3 is 14.2 Å². The summed E-state index contributed by atoms with van der Waals surface area (Å²) in [6.07, 6.45) is 12.2. The lowest BCUT2D eigenvalue weighted by Crippen LogP contribution is -2.21. The fourth-order valence-electron chi connectivity index (χ4n) is 2.67. The van der Waals surface area contributed by atoms with Crippen LogP contribution in [0.3, 0.4) is 0 Å². The van der Waals surface area contributed by atoms with Crippen LogP contribution >= 0.6 is 0 Å². The highest BCUT2D eigenvalue weighted by molar-refractivity contribution is 5.60. The second-order valence-electron chi connectivity index (χ2n) is 5.86. The highest BCUT2D eigenvalue weighted by Crippen LogP contribution is 2.35. The zero-order valence-corrected chi connectivity index (χ0v) is 12.0. The number of carbonyl (C=O) groups is 1. The molecule has 0 radical (unpaired) electrons. The molecule has 0 aromatic rings. The number of methoxy groups -OCH3 is 1. The van der Waals surface area contributed by atoms with Crippen molar-refractivity contribution in [1.82, 2.24) is 0 Å². The molecule has 1 saturated heterocycles. The Labute approximate surface area is 115 Å². The maximum Gasteiger partial charge on any atom is 0.510 e. The Morgan fingerprint density at radius 1 is 1.21 bits per heavy atom. The molecular weight excluding hydrogens is 244 g/mol. The molecule has 4 nitrogen and oxygen atoms in total. The smallest absolute Gasteiger partial charge is 0.438 e. The molecule has 4 heteroatoms. The molecule has 0 N–H and O–H groups in total. The van der Waals surface area contributed by atoms with Gasteiger partial charge in [0.25, 0.3) is 0 Å². The molecule has 0 aromatic heterocycles. The van der Waals surface area contributed by atoms with Crippen LogP contribution in [0.15, 0.2) is 0 Å². The summed E-state index contributed by atoms with van der Waals surface area (Å²) in [7, 11) is 1.32. The number of hydrogen-bond acceptors (Lipinski definition) is 4. The Morgan fingerprint density at radius 2 is 1.89 bits per heavy atom. The van der Waals surface area contributed by atoms with Gasteiger partial charge in [0.1, 0.15) is 6.61 Å². The summed E-state index contributed by atoms with van der Waals surface area (Å²) in [5.74, 6) is 0.385. The molecule has 19 heavy (non-hydrogen) atoms. The van der Waals surface area contributed by atoms with E-state index in [1.54, 1.807) is 0 Å². The first kappa shape index (κ1) is 14.6. The van der Waals surface area contributed by atoms with Gasteiger partial charge in [-0.2, -0.15) is 0 Å². The van der Waals surface area contributed by atoms with E-state index in [0.717, 1.165) is 18.8 Å². The first-order valence-electron chi connectivity index (χ1n) is 7.65. The average molecular weight is 270 g/mol. The van der Waals surface area contributed by atoms with Crippen molar-refractivity contribution in [2.24, 2.45) is 5.92 Å². The molecule has 0 spiro atoms. The Bertz CT molecular complexity index is 282. The Hall–Kier alpha value is -0.770. The van der Waals surface area contributed by atoms with Gasteiger partial charge in [-0.25, -0.2) is 4.79 Å². The van der Waals surface area contributed by atoms with Gasteiger partial charge in [-0.15, -0.1) is 0 Å². The quantitative estimate of drug-likeness (QED) is 0.360. The van der Waals surface area contributed by atoms with E-state index in [1.807, 2.05) is 0 Å². The molecule has 2 rings (SSSR count). The average Bonchev–Trinajstić information content (AvgIpc) is 3.10. The lowest BCUT2D eigenvalue weighted by molar-refractivity contribution is -0.0324. The van der Waals surface area contributed by atoms with Crippen molar-refractivity contribution in [3.8, 4) is 0 Å². The predicted molar refractivity (Wildman–Crippen MR) is 71.8 cm³/mol. The molecule has 1 aliphatic heterocycles. The topological polar surface area (TPSA) is 48.1 Å². The largest absolute Gasteiger partial charge is 0.510 e. The summed E-state index contributed by atoms with van der Waals surface area (Å²) in [6.45, 7) is 0.518. The van der Waals surface area contributed by atoms with Gasteiger partial charge in [0.2, 0.25) is 5.79 Å². The van der Waals surface area contributed by atoms with E-state index in [0.29, 0.717) is 6.61 Å². The molecule has 0 bridgehead atoms. The second kappa shape index (κ2) is 7.13. The van der Waals surface area contributed by atoms with Crippen LogP contribution in [0, 0.1) is 5.92 Å². The molecule has 1 unspecified atom stereocenters. The van der Waals surface area contributed by atoms with Crippen molar-refractivity contribution in [3.63, 3.8) is 0 Å². The van der Waals surface area contributed by atoms with Gasteiger partial charge in [-0.05, 0) is 12.3 Å². The van der Waals surface area contributed by atoms with E-state index in [1.165, 1.54) is 58.5 Å². The monoisotopic (exact) mass is 270 g/mol. The van der Waals surface area contributed by atoms with Crippen LogP contribution in [0.5, 0.6) is 0 Å². The third-order valence-electron chi connectivity index (χ3n) is 4.30. The second-order valence-corrected chi connectivity index (χ2v) is 5.86. The van der Waals surface area contributed by atoms with Gasteiger partial charge in [0.15, 0.2) is 0 Å². The summed E-state index contributed by atoms with van der Waals surface area (Å²) in [4.78, 5) is 11.0. The van der Waals surface area contributed by atoms with Gasteiger partial charge in [-0.1, -0.05) is 51.4 Å². The van der Waals surface area contributed by atoms with E-state index in [-0.39, 0.29) is 0 Å². The summed E-state index contributed by atoms with van der Waals surface area (Å²) < 4.78 is 14.8. The summed E-state index contributed by atoms with van der Waals surface area (Å²) in [5.41, 5.74) is 0. The van der Waals surface area contributed by atoms with Crippen LogP contribution in [0.1, 0.15) is 64.2 Å². The number of carbonyl (C=O) groups excluding carboxylic acids is 1. The van der Waals surface area contributed by atoms with Crippen LogP contribution in [-0.2, 0) is 14.2 Å². The standard InChI is InChI=1S/C15H26O4/c1-17-14(16)19-15(12-18-15)11-6-4-2-3-5-8-13-9-7-10-13/h13H,2-12H2,1H3. The van der Waals surface area contributed by atoms with Crippen molar-refractivity contribution in [1.29, 1.82) is 0 Å². The van der Waals surface area contributed by atoms with Crippen molar-refractivity contribution in [2.45, 2.75) is 70.0 Å². The molecule has 0 amide bonds. The fourth-order valence-corrected chi connectivity index (χ4v) is 2.67. The van der Waals surface area contributed by atoms with Crippen LogP contribution in [0.2, 0.25) is 0 Å². The maximum atomic E-state index is 11.0. The number of hydrogen-bond donors (Lipinski definition) is 0. The van der Waals surface area contributed by atoms with Crippen LogP contribution in [-0.4, -0.2) is 25.7 Å². The molecule has 2 aliphatic rings. The van der Waals surface area contributed by atoms with Gasteiger partial charge >= 0.3 is 6.16 Å². The summed E-state index contributed by atoms with van der Waals surface area (Å²) >= 11 is 0. The van der Waals surface area contributed by atoms with Crippen LogP contribution in [0.4, 0.5) is 4.79 Å². The van der Waals surface area contributed by atoms with Gasteiger partial charge in [0.05, 0.1) is 7.11 Å². The predicted octanol–water partition coefficient (Wildman–Crippen LogP) is 4.03. The normalized spacial score (nSPS) is 25.7. The van der Waals surface area contributed by atoms with Gasteiger partial charge in [0, 0.05) is 6.42 Å². The zero-order chi connectivity index (χ0) is 13.6. The minimum absolute atomic E-state index is 0.518. The minimum atomic E-state index is -0.654. The molecule has 1 atom stereocenters. The lowest BCUT2D eigenvalue weighted by Gasteiger charge is -2.24. The molecule has 1 aliphatic carbocycles. The number of epoxide rings is 1. The first-order chi connectivity index (χ1) is 9.24. The third kappa shape index (κ3) is 5.01. The van der Waals surface area contributed by atoms with E-state index in [9.17, 15) is 4.79 Å². The maximum absolute atomic E-state index is 11.0. The highest BCUT2D eigenvalue weighted by Gasteiger charge is 2.49. The fraction of sp³-hybridized carbons (Fsp3) is 0.933. The van der Waals surface area contributed by atoms with Gasteiger partial charge in [-0.3, -0.25) is 0 Å². The van der Waals surface area contributed by atoms with E-state index in [4.69, 9.17) is 9.47 Å². The van der Waals surface area contributed by atoms with Crippen molar-refractivity contribution in [3.05, 3.63) is 0 Å². The highest BCUT2D eigenvalue weighted by atomic mass is 16.8. The summed E-state index contributed by atoms with van der Waals surface area (Å²) in [6, 6.07) is 0. The van der Waals surface area contributed by atoms with Crippen LogP contribution < -0.4 is 0 Å². The van der Waals surface area contributed by atoms with Crippen molar-refractivity contribution >= 4 is 6.16 Å². The lowest BCUT2D eigenvalue weighted by atomic mass is 9.81. The van der Waals surface area contributed by atoms with Crippen molar-refractivity contribution < 1.29 is 19.0 Å². The Balaban J connectivity index is 1.42. The van der Waals surface area contributed by atoms with E-state index in [2.05, 4.69) is 4.74 Å². The van der Waals surface area contributed by atoms with E-state index < -0.39 is 11.9 Å². The van der Waals surface area contributed by atoms with E-state index >= 15 is 0 Å². The first-order valence-corrected chi connectivity index (χ1v) is 7.65. The molecule has 1 saturated carbocycles. The van der Waals surface area contributed by atoms with Crippen LogP contribution in [0.25, 0.3) is 0 Å². The number of rotatable bonds is 9. The molecular formula is C15H26O4. The third-order valence-corrected chi connectivity index (χ3v) is 4.30. The molecule has 1 heterocycles. The SMILES string of the molecule is COC(=O)OC1(CCCCCCCC2CCC2)CO1. The minimum Gasteiger partial charge on any atom is -0.438 e. The number of ether oxygens (including phenoxy) is 3.